The molecule has 0 unspecified atom stereocenters. The van der Waals surface area contributed by atoms with E-state index in [-0.39, 0.29) is 12.2 Å². The summed E-state index contributed by atoms with van der Waals surface area (Å²) >= 11 is 0. The molecule has 1 N–H and O–H groups in total. The number of halogens is 2. The molecule has 162 valence electrons. The summed E-state index contributed by atoms with van der Waals surface area (Å²) in [7, 11) is 0. The zero-order chi connectivity index (χ0) is 22.5. The van der Waals surface area contributed by atoms with Crippen molar-refractivity contribution in [1.82, 2.24) is 25.3 Å². The van der Waals surface area contributed by atoms with Crippen LogP contribution in [0.4, 0.5) is 8.78 Å². The summed E-state index contributed by atoms with van der Waals surface area (Å²) in [5, 5.41) is 10.9. The number of amides is 1. The lowest BCUT2D eigenvalue weighted by Crippen LogP contribution is -2.24. The average Bonchev–Trinajstić information content (AvgIpc) is 3.23. The van der Waals surface area contributed by atoms with E-state index >= 15 is 0 Å². The maximum Gasteiger partial charge on any atom is 0.274 e. The fourth-order valence-electron chi connectivity index (χ4n) is 3.21. The van der Waals surface area contributed by atoms with Gasteiger partial charge in [0, 0.05) is 30.6 Å². The molecule has 0 aliphatic rings. The number of nitrogens with zero attached hydrogens (tertiary/aromatic N) is 4. The largest absolute Gasteiger partial charge is 0.494 e. The van der Waals surface area contributed by atoms with Crippen LogP contribution in [0.5, 0.6) is 5.75 Å². The molecule has 7 nitrogen and oxygen atoms in total. The van der Waals surface area contributed by atoms with Crippen LogP contribution in [-0.2, 0) is 6.54 Å². The lowest BCUT2D eigenvalue weighted by Gasteiger charge is -2.10. The second-order valence-corrected chi connectivity index (χ2v) is 6.82. The van der Waals surface area contributed by atoms with E-state index < -0.39 is 17.5 Å². The molecular formula is C23H19F2N5O2. The van der Waals surface area contributed by atoms with Gasteiger partial charge in [-0.3, -0.25) is 9.78 Å². The number of nitrogens with one attached hydrogen (secondary N) is 1. The standard InChI is InChI=1S/C23H19F2N5O2/c1-2-32-20-5-3-19(4-6-20)30-22(16-7-9-26-10-8-16)21(28-29-30)23(31)27-14-15-11-17(24)13-18(25)12-15/h3-13H,2,14H2,1H3,(H,27,31). The third-order valence-corrected chi connectivity index (χ3v) is 4.61. The molecule has 0 aliphatic heterocycles. The molecule has 1 amide bonds. The Kier molecular flexibility index (Phi) is 6.16. The second-order valence-electron chi connectivity index (χ2n) is 6.82. The highest BCUT2D eigenvalue weighted by Crippen LogP contribution is 2.26. The van der Waals surface area contributed by atoms with Crippen LogP contribution in [0.2, 0.25) is 0 Å². The summed E-state index contributed by atoms with van der Waals surface area (Å²) in [5.41, 5.74) is 2.18. The first kappa shape index (κ1) is 21.1. The summed E-state index contributed by atoms with van der Waals surface area (Å²) in [4.78, 5) is 16.9. The van der Waals surface area contributed by atoms with Gasteiger partial charge in [-0.2, -0.15) is 0 Å². The van der Waals surface area contributed by atoms with Crippen LogP contribution in [0.3, 0.4) is 0 Å². The van der Waals surface area contributed by atoms with Gasteiger partial charge in [0.25, 0.3) is 5.91 Å². The number of pyridine rings is 1. The van der Waals surface area contributed by atoms with Gasteiger partial charge in [0.15, 0.2) is 5.69 Å². The molecule has 32 heavy (non-hydrogen) atoms. The van der Waals surface area contributed by atoms with E-state index in [0.29, 0.717) is 34.9 Å². The molecule has 0 spiro atoms. The fraction of sp³-hybridized carbons (Fsp3) is 0.130. The van der Waals surface area contributed by atoms with E-state index in [9.17, 15) is 13.6 Å². The van der Waals surface area contributed by atoms with Crippen molar-refractivity contribution in [3.8, 4) is 22.7 Å². The number of ether oxygens (including phenoxy) is 1. The molecule has 0 bridgehead atoms. The smallest absolute Gasteiger partial charge is 0.274 e. The first-order valence-electron chi connectivity index (χ1n) is 9.87. The minimum atomic E-state index is -0.715. The first-order valence-corrected chi connectivity index (χ1v) is 9.87. The van der Waals surface area contributed by atoms with E-state index in [1.165, 1.54) is 0 Å². The van der Waals surface area contributed by atoms with Crippen molar-refractivity contribution in [3.05, 3.63) is 89.9 Å². The van der Waals surface area contributed by atoms with E-state index in [0.717, 1.165) is 18.2 Å². The van der Waals surface area contributed by atoms with Crippen LogP contribution in [0.25, 0.3) is 16.9 Å². The van der Waals surface area contributed by atoms with Crippen LogP contribution < -0.4 is 10.1 Å². The Labute approximate surface area is 182 Å². The Morgan fingerprint density at radius 2 is 1.72 bits per heavy atom. The Morgan fingerprint density at radius 3 is 2.38 bits per heavy atom. The highest BCUT2D eigenvalue weighted by Gasteiger charge is 2.22. The number of rotatable bonds is 7. The van der Waals surface area contributed by atoms with Gasteiger partial charge in [0.05, 0.1) is 12.3 Å². The topological polar surface area (TPSA) is 81.9 Å². The summed E-state index contributed by atoms with van der Waals surface area (Å²) in [5.74, 6) is -1.25. The first-order chi connectivity index (χ1) is 15.5. The summed E-state index contributed by atoms with van der Waals surface area (Å²) in [6, 6.07) is 13.8. The molecule has 0 aliphatic carbocycles. The lowest BCUT2D eigenvalue weighted by molar-refractivity contribution is 0.0946. The zero-order valence-corrected chi connectivity index (χ0v) is 17.1. The predicted molar refractivity (Wildman–Crippen MR) is 113 cm³/mol. The van der Waals surface area contributed by atoms with Crippen molar-refractivity contribution in [2.75, 3.05) is 6.61 Å². The molecule has 0 atom stereocenters. The number of benzene rings is 2. The molecule has 2 aromatic heterocycles. The van der Waals surface area contributed by atoms with Crippen molar-refractivity contribution in [3.63, 3.8) is 0 Å². The molecule has 2 heterocycles. The van der Waals surface area contributed by atoms with E-state index in [1.807, 2.05) is 19.1 Å². The monoisotopic (exact) mass is 435 g/mol. The van der Waals surface area contributed by atoms with Gasteiger partial charge >= 0.3 is 0 Å². The Bertz CT molecular complexity index is 1210. The third kappa shape index (κ3) is 4.61. The molecule has 4 aromatic rings. The average molecular weight is 435 g/mol. The van der Waals surface area contributed by atoms with E-state index in [2.05, 4.69) is 20.6 Å². The number of carbonyl (C=O) groups excluding carboxylic acids is 1. The minimum absolute atomic E-state index is 0.0702. The summed E-state index contributed by atoms with van der Waals surface area (Å²) in [6.45, 7) is 2.37. The zero-order valence-electron chi connectivity index (χ0n) is 17.1. The van der Waals surface area contributed by atoms with Crippen LogP contribution in [0.1, 0.15) is 23.0 Å². The highest BCUT2D eigenvalue weighted by molar-refractivity contribution is 5.98. The Balaban J connectivity index is 1.66. The highest BCUT2D eigenvalue weighted by atomic mass is 19.1. The van der Waals surface area contributed by atoms with Crippen molar-refractivity contribution >= 4 is 5.91 Å². The molecule has 0 saturated heterocycles. The molecule has 0 radical (unpaired) electrons. The Hall–Kier alpha value is -4.14. The van der Waals surface area contributed by atoms with Gasteiger partial charge < -0.3 is 10.1 Å². The number of hydrogen-bond donors (Lipinski definition) is 1. The van der Waals surface area contributed by atoms with Gasteiger partial charge in [-0.05, 0) is 61.0 Å². The fourth-order valence-corrected chi connectivity index (χ4v) is 3.21. The maximum atomic E-state index is 13.4. The summed E-state index contributed by atoms with van der Waals surface area (Å²) in [6.07, 6.45) is 3.20. The van der Waals surface area contributed by atoms with Crippen molar-refractivity contribution in [1.29, 1.82) is 0 Å². The van der Waals surface area contributed by atoms with Crippen LogP contribution in [0.15, 0.2) is 67.0 Å². The molecule has 0 fully saturated rings. The number of carbonyl (C=O) groups is 1. The second kappa shape index (κ2) is 9.34. The maximum absolute atomic E-state index is 13.4. The molecular weight excluding hydrogens is 416 g/mol. The normalized spacial score (nSPS) is 10.7. The van der Waals surface area contributed by atoms with Gasteiger partial charge in [-0.1, -0.05) is 5.21 Å². The molecule has 9 heteroatoms. The molecule has 0 saturated carbocycles. The van der Waals surface area contributed by atoms with Crippen LogP contribution in [0, 0.1) is 11.6 Å². The van der Waals surface area contributed by atoms with E-state index in [1.54, 1.807) is 41.3 Å². The van der Waals surface area contributed by atoms with Crippen LogP contribution in [-0.4, -0.2) is 32.5 Å². The van der Waals surface area contributed by atoms with Gasteiger partial charge in [-0.15, -0.1) is 5.10 Å². The minimum Gasteiger partial charge on any atom is -0.494 e. The third-order valence-electron chi connectivity index (χ3n) is 4.61. The van der Waals surface area contributed by atoms with Gasteiger partial charge in [-0.25, -0.2) is 13.5 Å². The predicted octanol–water partition coefficient (Wildman–Crippen LogP) is 3.94. The van der Waals surface area contributed by atoms with Crippen molar-refractivity contribution in [2.24, 2.45) is 0 Å². The summed E-state index contributed by atoms with van der Waals surface area (Å²) < 4.78 is 33.9. The van der Waals surface area contributed by atoms with Crippen LogP contribution >= 0.6 is 0 Å². The number of aromatic nitrogens is 4. The SMILES string of the molecule is CCOc1ccc(-n2nnc(C(=O)NCc3cc(F)cc(F)c3)c2-c2ccncc2)cc1. The van der Waals surface area contributed by atoms with Gasteiger partial charge in [0.2, 0.25) is 0 Å². The molecule has 4 rings (SSSR count). The van der Waals surface area contributed by atoms with E-state index in [4.69, 9.17) is 4.74 Å². The lowest BCUT2D eigenvalue weighted by atomic mass is 10.1. The van der Waals surface area contributed by atoms with Crippen molar-refractivity contribution < 1.29 is 18.3 Å². The quantitative estimate of drug-likeness (QED) is 0.476. The van der Waals surface area contributed by atoms with Crippen molar-refractivity contribution in [2.45, 2.75) is 13.5 Å². The molecule has 2 aromatic carbocycles. The van der Waals surface area contributed by atoms with Gasteiger partial charge in [0.1, 0.15) is 23.1 Å². The number of hydrogen-bond acceptors (Lipinski definition) is 5. The Morgan fingerprint density at radius 1 is 1.03 bits per heavy atom.